The summed E-state index contributed by atoms with van der Waals surface area (Å²) in [5.74, 6) is 1.27. The van der Waals surface area contributed by atoms with Crippen LogP contribution in [0.25, 0.3) is 0 Å². The van der Waals surface area contributed by atoms with E-state index in [1.807, 2.05) is 20.8 Å². The number of amides is 1. The second kappa shape index (κ2) is 14.6. The second-order valence-electron chi connectivity index (χ2n) is 6.68. The van der Waals surface area contributed by atoms with E-state index in [-0.39, 0.29) is 24.0 Å². The number of nitrogens with zero attached hydrogens (tertiary/aromatic N) is 1. The normalized spacial score (nSPS) is 11.7. The predicted octanol–water partition coefficient (Wildman–Crippen LogP) is 2.36. The second-order valence-corrected chi connectivity index (χ2v) is 6.68. The van der Waals surface area contributed by atoms with Gasteiger partial charge in [-0.25, -0.2) is 4.79 Å². The van der Waals surface area contributed by atoms with Crippen molar-refractivity contribution in [2.75, 3.05) is 39.9 Å². The first-order valence-electron chi connectivity index (χ1n) is 8.23. The molecule has 0 aliphatic carbocycles. The Balaban J connectivity index is 0. The van der Waals surface area contributed by atoms with Crippen molar-refractivity contribution in [2.45, 2.75) is 46.6 Å². The summed E-state index contributed by atoms with van der Waals surface area (Å²) in [6.07, 6.45) is 0.508. The van der Waals surface area contributed by atoms with E-state index in [4.69, 9.17) is 9.47 Å². The zero-order chi connectivity index (χ0) is 17.7. The lowest BCUT2D eigenvalue weighted by Gasteiger charge is -2.19. The molecule has 0 bridgehead atoms. The van der Waals surface area contributed by atoms with E-state index < -0.39 is 11.7 Å². The Bertz CT molecular complexity index is 358. The molecule has 0 rings (SSSR count). The highest BCUT2D eigenvalue weighted by atomic mass is 127. The van der Waals surface area contributed by atoms with Crippen molar-refractivity contribution >= 4 is 36.0 Å². The standard InChI is InChI=1S/C16H34N4O3.HI/c1-13(2)12-22-11-7-8-18-14(17-6)19-9-10-20-15(21)23-16(3,4)5;/h13H,7-12H2,1-6H3,(H,20,21)(H2,17,18,19);1H. The Morgan fingerprint density at radius 3 is 2.21 bits per heavy atom. The molecule has 3 N–H and O–H groups in total. The van der Waals surface area contributed by atoms with Crippen LogP contribution >= 0.6 is 24.0 Å². The lowest BCUT2D eigenvalue weighted by atomic mass is 10.2. The molecule has 0 aromatic rings. The third-order valence-electron chi connectivity index (χ3n) is 2.52. The van der Waals surface area contributed by atoms with Crippen molar-refractivity contribution in [3.8, 4) is 0 Å². The van der Waals surface area contributed by atoms with E-state index in [0.717, 1.165) is 26.2 Å². The number of hydrogen-bond acceptors (Lipinski definition) is 4. The fourth-order valence-corrected chi connectivity index (χ4v) is 1.58. The largest absolute Gasteiger partial charge is 0.444 e. The van der Waals surface area contributed by atoms with Gasteiger partial charge in [-0.1, -0.05) is 13.8 Å². The van der Waals surface area contributed by atoms with Gasteiger partial charge in [0.05, 0.1) is 0 Å². The van der Waals surface area contributed by atoms with Gasteiger partial charge in [-0.2, -0.15) is 0 Å². The van der Waals surface area contributed by atoms with Gasteiger partial charge < -0.3 is 25.4 Å². The predicted molar refractivity (Wildman–Crippen MR) is 109 cm³/mol. The van der Waals surface area contributed by atoms with Gasteiger partial charge in [0, 0.05) is 39.9 Å². The van der Waals surface area contributed by atoms with Crippen molar-refractivity contribution in [1.82, 2.24) is 16.0 Å². The number of nitrogens with one attached hydrogen (secondary N) is 3. The van der Waals surface area contributed by atoms with Crippen molar-refractivity contribution in [3.63, 3.8) is 0 Å². The molecule has 0 aliphatic heterocycles. The van der Waals surface area contributed by atoms with Crippen LogP contribution in [0.4, 0.5) is 4.79 Å². The molecule has 0 aromatic heterocycles. The topological polar surface area (TPSA) is 84.0 Å². The van der Waals surface area contributed by atoms with Gasteiger partial charge in [-0.15, -0.1) is 24.0 Å². The molecule has 0 fully saturated rings. The molecule has 0 aromatic carbocycles. The van der Waals surface area contributed by atoms with Crippen LogP contribution in [0.3, 0.4) is 0 Å². The zero-order valence-corrected chi connectivity index (χ0v) is 18.2. The summed E-state index contributed by atoms with van der Waals surface area (Å²) in [6.45, 7) is 13.1. The molecule has 0 heterocycles. The fourth-order valence-electron chi connectivity index (χ4n) is 1.58. The monoisotopic (exact) mass is 458 g/mol. The van der Waals surface area contributed by atoms with Crippen LogP contribution in [-0.4, -0.2) is 57.5 Å². The minimum atomic E-state index is -0.479. The van der Waals surface area contributed by atoms with Crippen molar-refractivity contribution < 1.29 is 14.3 Å². The molecule has 0 atom stereocenters. The van der Waals surface area contributed by atoms with Crippen LogP contribution < -0.4 is 16.0 Å². The Morgan fingerprint density at radius 2 is 1.67 bits per heavy atom. The van der Waals surface area contributed by atoms with Gasteiger partial charge in [-0.05, 0) is 33.1 Å². The maximum atomic E-state index is 11.5. The maximum Gasteiger partial charge on any atom is 0.407 e. The minimum Gasteiger partial charge on any atom is -0.444 e. The number of rotatable bonds is 9. The van der Waals surface area contributed by atoms with Gasteiger partial charge >= 0.3 is 6.09 Å². The summed E-state index contributed by atoms with van der Waals surface area (Å²) in [6, 6.07) is 0. The van der Waals surface area contributed by atoms with Gasteiger partial charge in [-0.3, -0.25) is 4.99 Å². The van der Waals surface area contributed by atoms with Crippen LogP contribution in [0, 0.1) is 5.92 Å². The summed E-state index contributed by atoms with van der Waals surface area (Å²) >= 11 is 0. The van der Waals surface area contributed by atoms with Crippen molar-refractivity contribution in [2.24, 2.45) is 10.9 Å². The molecule has 24 heavy (non-hydrogen) atoms. The molecule has 8 heteroatoms. The van der Waals surface area contributed by atoms with Crippen molar-refractivity contribution in [1.29, 1.82) is 0 Å². The van der Waals surface area contributed by atoms with Crippen molar-refractivity contribution in [3.05, 3.63) is 0 Å². The summed E-state index contributed by atoms with van der Waals surface area (Å²) in [5, 5.41) is 9.01. The third-order valence-corrected chi connectivity index (χ3v) is 2.52. The van der Waals surface area contributed by atoms with Gasteiger partial charge in [0.25, 0.3) is 0 Å². The first kappa shape index (κ1) is 25.5. The zero-order valence-electron chi connectivity index (χ0n) is 15.9. The van der Waals surface area contributed by atoms with E-state index in [9.17, 15) is 4.79 Å². The molecule has 0 saturated heterocycles. The Hall–Kier alpha value is -0.770. The lowest BCUT2D eigenvalue weighted by molar-refractivity contribution is 0.0529. The highest BCUT2D eigenvalue weighted by Gasteiger charge is 2.15. The number of carbonyl (C=O) groups is 1. The Kier molecular flexibility index (Phi) is 15.5. The van der Waals surface area contributed by atoms with Crippen LogP contribution in [-0.2, 0) is 9.47 Å². The SMILES string of the molecule is CN=C(NCCCOCC(C)C)NCCNC(=O)OC(C)(C)C.I. The molecule has 0 spiro atoms. The van der Waals surface area contributed by atoms with E-state index in [2.05, 4.69) is 34.8 Å². The number of hydrogen-bond donors (Lipinski definition) is 3. The highest BCUT2D eigenvalue weighted by molar-refractivity contribution is 14.0. The molecule has 144 valence electrons. The summed E-state index contributed by atoms with van der Waals surface area (Å²) < 4.78 is 10.7. The lowest BCUT2D eigenvalue weighted by Crippen LogP contribution is -2.42. The first-order valence-corrected chi connectivity index (χ1v) is 8.23. The summed E-state index contributed by atoms with van der Waals surface area (Å²) in [5.41, 5.74) is -0.479. The average Bonchev–Trinajstić information content (AvgIpc) is 2.42. The van der Waals surface area contributed by atoms with Crippen LogP contribution in [0.5, 0.6) is 0 Å². The highest BCUT2D eigenvalue weighted by Crippen LogP contribution is 2.05. The van der Waals surface area contributed by atoms with E-state index in [1.165, 1.54) is 0 Å². The molecule has 0 saturated carbocycles. The fraction of sp³-hybridized carbons (Fsp3) is 0.875. The minimum absolute atomic E-state index is 0. The third kappa shape index (κ3) is 17.6. The quantitative estimate of drug-likeness (QED) is 0.214. The smallest absolute Gasteiger partial charge is 0.407 e. The molecule has 1 amide bonds. The number of halogens is 1. The molecular weight excluding hydrogens is 423 g/mol. The van der Waals surface area contributed by atoms with Gasteiger partial charge in [0.1, 0.15) is 5.60 Å². The van der Waals surface area contributed by atoms with Crippen LogP contribution in [0.1, 0.15) is 41.0 Å². The van der Waals surface area contributed by atoms with E-state index >= 15 is 0 Å². The molecule has 7 nitrogen and oxygen atoms in total. The molecule has 0 aliphatic rings. The first-order chi connectivity index (χ1) is 10.7. The Morgan fingerprint density at radius 1 is 1.08 bits per heavy atom. The van der Waals surface area contributed by atoms with Crippen LogP contribution in [0.2, 0.25) is 0 Å². The number of carbonyl (C=O) groups excluding carboxylic acids is 1. The Labute approximate surface area is 163 Å². The summed E-state index contributed by atoms with van der Waals surface area (Å²) in [7, 11) is 1.71. The van der Waals surface area contributed by atoms with Gasteiger partial charge in [0.2, 0.25) is 0 Å². The summed E-state index contributed by atoms with van der Waals surface area (Å²) in [4.78, 5) is 15.6. The number of alkyl carbamates (subject to hydrolysis) is 1. The molecule has 0 radical (unpaired) electrons. The van der Waals surface area contributed by atoms with E-state index in [0.29, 0.717) is 25.0 Å². The number of guanidine groups is 1. The molecule has 0 unspecified atom stereocenters. The molecular formula is C16H35IN4O3. The van der Waals surface area contributed by atoms with Crippen LogP contribution in [0.15, 0.2) is 4.99 Å². The number of aliphatic imine (C=N–C) groups is 1. The maximum absolute atomic E-state index is 11.5. The average molecular weight is 458 g/mol. The number of ether oxygens (including phenoxy) is 2. The van der Waals surface area contributed by atoms with Gasteiger partial charge in [0.15, 0.2) is 5.96 Å². The van der Waals surface area contributed by atoms with E-state index in [1.54, 1.807) is 7.05 Å².